The minimum absolute atomic E-state index is 0.535. The molecule has 0 saturated heterocycles. The third-order valence-electron chi connectivity index (χ3n) is 1.77. The van der Waals surface area contributed by atoms with Gasteiger partial charge in [0.1, 0.15) is 0 Å². The van der Waals surface area contributed by atoms with Crippen molar-refractivity contribution in [2.45, 2.75) is 24.7 Å². The molecule has 1 aromatic carbocycles. The molecule has 0 aliphatic heterocycles. The van der Waals surface area contributed by atoms with E-state index < -0.39 is 0 Å². The number of nitrogens with zero attached hydrogens (tertiary/aromatic N) is 1. The Morgan fingerprint density at radius 3 is 2.54 bits per heavy atom. The van der Waals surface area contributed by atoms with Crippen molar-refractivity contribution >= 4 is 11.8 Å². The summed E-state index contributed by atoms with van der Waals surface area (Å²) in [7, 11) is 0. The molecule has 0 amide bonds. The van der Waals surface area contributed by atoms with Crippen molar-refractivity contribution < 1.29 is 0 Å². The highest BCUT2D eigenvalue weighted by Gasteiger charge is 1.93. The zero-order valence-corrected chi connectivity index (χ0v) is 8.60. The lowest BCUT2D eigenvalue weighted by Crippen LogP contribution is -1.82. The monoisotopic (exact) mass is 191 g/mol. The molecule has 1 rings (SSSR count). The van der Waals surface area contributed by atoms with Gasteiger partial charge < -0.3 is 0 Å². The molecule has 0 aliphatic carbocycles. The highest BCUT2D eigenvalue weighted by molar-refractivity contribution is 7.99. The van der Waals surface area contributed by atoms with Gasteiger partial charge in [-0.15, -0.1) is 11.8 Å². The van der Waals surface area contributed by atoms with Crippen LogP contribution in [-0.2, 0) is 6.42 Å². The Bertz CT molecular complexity index is 284. The summed E-state index contributed by atoms with van der Waals surface area (Å²) in [5.74, 6) is 0.535. The first kappa shape index (κ1) is 10.1. The van der Waals surface area contributed by atoms with Gasteiger partial charge in [0.05, 0.1) is 11.8 Å². The number of nitriles is 1. The molecule has 0 aliphatic rings. The summed E-state index contributed by atoms with van der Waals surface area (Å²) in [4.78, 5) is 1.18. The van der Waals surface area contributed by atoms with Gasteiger partial charge in [-0.25, -0.2) is 0 Å². The predicted molar refractivity (Wildman–Crippen MR) is 56.8 cm³/mol. The second-order valence-electron chi connectivity index (χ2n) is 2.84. The van der Waals surface area contributed by atoms with E-state index in [1.54, 1.807) is 11.8 Å². The summed E-state index contributed by atoms with van der Waals surface area (Å²) in [5, 5.41) is 8.40. The van der Waals surface area contributed by atoms with Gasteiger partial charge in [-0.05, 0) is 24.1 Å². The quantitative estimate of drug-likeness (QED) is 0.682. The number of rotatable bonds is 4. The molecule has 0 spiro atoms. The van der Waals surface area contributed by atoms with Crippen LogP contribution in [0.2, 0.25) is 0 Å². The molecule has 0 saturated carbocycles. The maximum atomic E-state index is 8.40. The third-order valence-corrected chi connectivity index (χ3v) is 2.64. The number of hydrogen-bond acceptors (Lipinski definition) is 2. The fourth-order valence-corrected chi connectivity index (χ4v) is 1.72. The fraction of sp³-hybridized carbons (Fsp3) is 0.364. The maximum Gasteiger partial charge on any atom is 0.0855 e. The van der Waals surface area contributed by atoms with Crippen LogP contribution in [0.15, 0.2) is 29.2 Å². The van der Waals surface area contributed by atoms with Gasteiger partial charge in [-0.3, -0.25) is 0 Å². The van der Waals surface area contributed by atoms with Gasteiger partial charge in [0.25, 0.3) is 0 Å². The summed E-state index contributed by atoms with van der Waals surface area (Å²) < 4.78 is 0. The van der Waals surface area contributed by atoms with Gasteiger partial charge in [0, 0.05) is 4.90 Å². The molecule has 1 nitrogen and oxygen atoms in total. The summed E-state index contributed by atoms with van der Waals surface area (Å²) in [5.41, 5.74) is 1.38. The average Bonchev–Trinajstić information content (AvgIpc) is 2.17. The van der Waals surface area contributed by atoms with E-state index in [2.05, 4.69) is 37.3 Å². The van der Waals surface area contributed by atoms with E-state index >= 15 is 0 Å². The molecule has 0 aromatic heterocycles. The Morgan fingerprint density at radius 1 is 1.31 bits per heavy atom. The highest BCUT2D eigenvalue weighted by Crippen LogP contribution is 2.18. The molecule has 0 bridgehead atoms. The van der Waals surface area contributed by atoms with Crippen LogP contribution in [0.1, 0.15) is 18.9 Å². The Kier molecular flexibility index (Phi) is 4.42. The smallest absolute Gasteiger partial charge is 0.0855 e. The van der Waals surface area contributed by atoms with Crippen molar-refractivity contribution in [2.24, 2.45) is 0 Å². The van der Waals surface area contributed by atoms with Crippen LogP contribution >= 0.6 is 11.8 Å². The number of thioether (sulfide) groups is 1. The molecule has 1 aromatic rings. The molecule has 0 N–H and O–H groups in total. The molecule has 2 heteroatoms. The first-order valence-corrected chi connectivity index (χ1v) is 5.44. The standard InChI is InChI=1S/C11H13NS/c1-2-3-10-4-6-11(7-5-10)13-9-8-12/h4-7H,2-3,9H2,1H3. The molecule has 13 heavy (non-hydrogen) atoms. The topological polar surface area (TPSA) is 23.8 Å². The summed E-state index contributed by atoms with van der Waals surface area (Å²) in [6, 6.07) is 10.6. The Balaban J connectivity index is 2.54. The van der Waals surface area contributed by atoms with Crippen molar-refractivity contribution in [1.82, 2.24) is 0 Å². The van der Waals surface area contributed by atoms with Gasteiger partial charge >= 0.3 is 0 Å². The van der Waals surface area contributed by atoms with E-state index in [1.165, 1.54) is 16.9 Å². The average molecular weight is 191 g/mol. The molecule has 0 fully saturated rings. The van der Waals surface area contributed by atoms with Crippen LogP contribution in [0, 0.1) is 11.3 Å². The van der Waals surface area contributed by atoms with Crippen LogP contribution in [0.25, 0.3) is 0 Å². The van der Waals surface area contributed by atoms with E-state index in [9.17, 15) is 0 Å². The van der Waals surface area contributed by atoms with E-state index in [0.717, 1.165) is 6.42 Å². The van der Waals surface area contributed by atoms with Crippen molar-refractivity contribution in [3.05, 3.63) is 29.8 Å². The van der Waals surface area contributed by atoms with Crippen LogP contribution in [-0.4, -0.2) is 5.75 Å². The van der Waals surface area contributed by atoms with Crippen LogP contribution in [0.5, 0.6) is 0 Å². The zero-order chi connectivity index (χ0) is 9.52. The van der Waals surface area contributed by atoms with Gasteiger partial charge in [0.2, 0.25) is 0 Å². The molecule has 68 valence electrons. The number of hydrogen-bond donors (Lipinski definition) is 0. The van der Waals surface area contributed by atoms with Gasteiger partial charge in [0.15, 0.2) is 0 Å². The molecule has 0 unspecified atom stereocenters. The Labute approximate surface area is 83.8 Å². The molecular weight excluding hydrogens is 178 g/mol. The van der Waals surface area contributed by atoms with E-state index in [1.807, 2.05) is 0 Å². The van der Waals surface area contributed by atoms with E-state index in [-0.39, 0.29) is 0 Å². The lowest BCUT2D eigenvalue weighted by molar-refractivity contribution is 0.920. The first-order valence-electron chi connectivity index (χ1n) is 4.45. The maximum absolute atomic E-state index is 8.40. The van der Waals surface area contributed by atoms with Crippen molar-refractivity contribution in [2.75, 3.05) is 5.75 Å². The lowest BCUT2D eigenvalue weighted by atomic mass is 10.1. The normalized spacial score (nSPS) is 9.54. The second kappa shape index (κ2) is 5.66. The van der Waals surface area contributed by atoms with Crippen LogP contribution in [0.3, 0.4) is 0 Å². The third kappa shape index (κ3) is 3.52. The fourth-order valence-electron chi connectivity index (χ4n) is 1.16. The van der Waals surface area contributed by atoms with Crippen molar-refractivity contribution in [3.63, 3.8) is 0 Å². The van der Waals surface area contributed by atoms with Crippen LogP contribution < -0.4 is 0 Å². The Hall–Kier alpha value is -0.940. The van der Waals surface area contributed by atoms with Crippen LogP contribution in [0.4, 0.5) is 0 Å². The van der Waals surface area contributed by atoms with Gasteiger partial charge in [-0.1, -0.05) is 25.5 Å². The highest BCUT2D eigenvalue weighted by atomic mass is 32.2. The minimum Gasteiger partial charge on any atom is -0.197 e. The summed E-state index contributed by atoms with van der Waals surface area (Å²) in [6.45, 7) is 2.18. The summed E-state index contributed by atoms with van der Waals surface area (Å²) in [6.07, 6.45) is 2.33. The summed E-state index contributed by atoms with van der Waals surface area (Å²) >= 11 is 1.59. The number of benzene rings is 1. The lowest BCUT2D eigenvalue weighted by Gasteiger charge is -2.00. The van der Waals surface area contributed by atoms with Crippen molar-refractivity contribution in [3.8, 4) is 6.07 Å². The minimum atomic E-state index is 0.535. The predicted octanol–water partition coefficient (Wildman–Crippen LogP) is 3.25. The largest absolute Gasteiger partial charge is 0.197 e. The molecule has 0 radical (unpaired) electrons. The molecule has 0 atom stereocenters. The van der Waals surface area contributed by atoms with Crippen molar-refractivity contribution in [1.29, 1.82) is 5.26 Å². The number of aryl methyl sites for hydroxylation is 1. The van der Waals surface area contributed by atoms with E-state index in [4.69, 9.17) is 5.26 Å². The SMILES string of the molecule is CCCc1ccc(SCC#N)cc1. The molecule has 0 heterocycles. The second-order valence-corrected chi connectivity index (χ2v) is 3.89. The Morgan fingerprint density at radius 2 is 2.00 bits per heavy atom. The zero-order valence-electron chi connectivity index (χ0n) is 7.79. The van der Waals surface area contributed by atoms with Gasteiger partial charge in [-0.2, -0.15) is 5.26 Å². The molecular formula is C11H13NS. The first-order chi connectivity index (χ1) is 6.36. The van der Waals surface area contributed by atoms with E-state index in [0.29, 0.717) is 5.75 Å².